The minimum absolute atomic E-state index is 0.300. The van der Waals surface area contributed by atoms with Crippen LogP contribution in [0, 0.1) is 33.2 Å². The number of carbonyl (C=O) groups is 4. The molecule has 0 fully saturated rings. The molecule has 9 nitrogen and oxygen atoms in total. The van der Waals surface area contributed by atoms with E-state index in [0.29, 0.717) is 21.8 Å². The van der Waals surface area contributed by atoms with Crippen molar-refractivity contribution < 1.29 is 23.9 Å². The Morgan fingerprint density at radius 3 is 2.26 bits per heavy atom. The fourth-order valence-electron chi connectivity index (χ4n) is 3.62. The van der Waals surface area contributed by atoms with Gasteiger partial charge in [0.25, 0.3) is 11.8 Å². The number of para-hydroxylation sites is 1. The molecule has 202 valence electrons. The molecule has 2 aromatic carbocycles. The Kier molecular flexibility index (Phi) is 9.91. The molecule has 0 spiro atoms. The first-order chi connectivity index (χ1) is 17.6. The van der Waals surface area contributed by atoms with Gasteiger partial charge in [-0.3, -0.25) is 19.3 Å². The molecule has 38 heavy (non-hydrogen) atoms. The number of benzene rings is 2. The summed E-state index contributed by atoms with van der Waals surface area (Å²) in [4.78, 5) is 52.4. The Hall–Kier alpha value is -4.03. The van der Waals surface area contributed by atoms with Crippen molar-refractivity contribution in [1.29, 1.82) is 0 Å². The van der Waals surface area contributed by atoms with Crippen LogP contribution in [0.15, 0.2) is 36.4 Å². The van der Waals surface area contributed by atoms with E-state index >= 15 is 0 Å². The Morgan fingerprint density at radius 1 is 1.08 bits per heavy atom. The molecule has 4 amide bonds. The number of rotatable bonds is 8. The number of halogens is 1. The van der Waals surface area contributed by atoms with Crippen molar-refractivity contribution in [1.82, 2.24) is 10.2 Å². The van der Waals surface area contributed by atoms with Crippen LogP contribution >= 0.6 is 11.6 Å². The number of amides is 4. The number of ether oxygens (including phenoxy) is 1. The van der Waals surface area contributed by atoms with Gasteiger partial charge in [0.15, 0.2) is 0 Å². The molecular weight excluding hydrogens is 508 g/mol. The predicted molar refractivity (Wildman–Crippen MR) is 146 cm³/mol. The van der Waals surface area contributed by atoms with Gasteiger partial charge in [0.05, 0.1) is 17.1 Å². The number of nitrogens with two attached hydrogens (primary N) is 1. The zero-order valence-corrected chi connectivity index (χ0v) is 23.1. The number of anilines is 1. The second-order valence-electron chi connectivity index (χ2n) is 9.87. The lowest BCUT2D eigenvalue weighted by Gasteiger charge is -2.30. The van der Waals surface area contributed by atoms with E-state index in [1.807, 2.05) is 13.8 Å². The topological polar surface area (TPSA) is 131 Å². The van der Waals surface area contributed by atoms with Gasteiger partial charge in [-0.15, -0.1) is 0 Å². The van der Waals surface area contributed by atoms with Crippen LogP contribution in [0.25, 0.3) is 0 Å². The van der Waals surface area contributed by atoms with E-state index in [1.54, 1.807) is 64.1 Å². The molecule has 2 rings (SSSR count). The molecule has 0 aliphatic heterocycles. The quantitative estimate of drug-likeness (QED) is 0.342. The van der Waals surface area contributed by atoms with E-state index in [1.165, 1.54) is 0 Å². The first kappa shape index (κ1) is 30.2. The Balaban J connectivity index is 2.55. The molecule has 0 aliphatic carbocycles. The number of primary amides is 1. The van der Waals surface area contributed by atoms with Crippen LogP contribution in [0.5, 0.6) is 0 Å². The monoisotopic (exact) mass is 540 g/mol. The second kappa shape index (κ2) is 12.5. The van der Waals surface area contributed by atoms with Gasteiger partial charge in [-0.05, 0) is 69.9 Å². The highest BCUT2D eigenvalue weighted by Crippen LogP contribution is 2.30. The SMILES string of the molecule is C#CN(C(=O)C(CC(N)=O)NC(=O)OC(C)(C)C)C(C(=O)Nc1c(C)cccc1Cl)c1ccc(C)c(C)c1. The van der Waals surface area contributed by atoms with Gasteiger partial charge in [0.2, 0.25) is 5.91 Å². The third kappa shape index (κ3) is 7.98. The number of alkyl carbamates (subject to hydrolysis) is 1. The van der Waals surface area contributed by atoms with Gasteiger partial charge < -0.3 is 21.1 Å². The summed E-state index contributed by atoms with van der Waals surface area (Å²) in [5.41, 5.74) is 7.77. The van der Waals surface area contributed by atoms with Gasteiger partial charge in [0, 0.05) is 6.04 Å². The summed E-state index contributed by atoms with van der Waals surface area (Å²) in [7, 11) is 0. The molecule has 0 aromatic heterocycles. The van der Waals surface area contributed by atoms with E-state index in [0.717, 1.165) is 16.0 Å². The van der Waals surface area contributed by atoms with E-state index in [9.17, 15) is 19.2 Å². The van der Waals surface area contributed by atoms with E-state index in [2.05, 4.69) is 16.7 Å². The summed E-state index contributed by atoms with van der Waals surface area (Å²) in [6.07, 6.45) is 4.24. The van der Waals surface area contributed by atoms with Gasteiger partial charge in [-0.1, -0.05) is 48.4 Å². The molecular formula is C28H33ClN4O5. The van der Waals surface area contributed by atoms with Crippen molar-refractivity contribution >= 4 is 41.1 Å². The van der Waals surface area contributed by atoms with Crippen molar-refractivity contribution in [2.75, 3.05) is 5.32 Å². The van der Waals surface area contributed by atoms with Crippen molar-refractivity contribution in [3.8, 4) is 12.5 Å². The summed E-state index contributed by atoms with van der Waals surface area (Å²) in [6, 6.07) is 9.76. The number of carbonyl (C=O) groups excluding carboxylic acids is 4. The van der Waals surface area contributed by atoms with Crippen LogP contribution < -0.4 is 16.4 Å². The maximum Gasteiger partial charge on any atom is 0.408 e. The van der Waals surface area contributed by atoms with Gasteiger partial charge in [-0.2, -0.15) is 0 Å². The lowest BCUT2D eigenvalue weighted by atomic mass is 9.98. The maximum absolute atomic E-state index is 13.7. The van der Waals surface area contributed by atoms with Crippen LogP contribution in [0.4, 0.5) is 10.5 Å². The average molecular weight is 541 g/mol. The lowest BCUT2D eigenvalue weighted by molar-refractivity contribution is -0.138. The molecule has 0 saturated carbocycles. The van der Waals surface area contributed by atoms with Crippen LogP contribution in [-0.4, -0.2) is 40.4 Å². The van der Waals surface area contributed by atoms with Gasteiger partial charge in [-0.25, -0.2) is 4.79 Å². The summed E-state index contributed by atoms with van der Waals surface area (Å²) in [6.45, 7) is 10.4. The standard InChI is InChI=1S/C28H33ClN4O5/c1-8-33(26(36)21(15-22(30)34)31-27(37)38-28(5,6)7)24(19-13-12-16(2)18(4)14-19)25(35)32-23-17(3)10-9-11-20(23)29/h1,9-14,21,24H,15H2,2-7H3,(H2,30,34)(H,31,37)(H,32,35). The first-order valence-corrected chi connectivity index (χ1v) is 12.2. The summed E-state index contributed by atoms with van der Waals surface area (Å²) >= 11 is 6.32. The highest BCUT2D eigenvalue weighted by Gasteiger charge is 2.37. The Bertz CT molecular complexity index is 1260. The van der Waals surface area contributed by atoms with Crippen molar-refractivity contribution in [3.63, 3.8) is 0 Å². The fourth-order valence-corrected chi connectivity index (χ4v) is 3.89. The smallest absolute Gasteiger partial charge is 0.408 e. The number of aryl methyl sites for hydroxylation is 3. The van der Waals surface area contributed by atoms with Crippen molar-refractivity contribution in [2.24, 2.45) is 5.73 Å². The van der Waals surface area contributed by atoms with Crippen LogP contribution in [0.3, 0.4) is 0 Å². The number of hydrogen-bond donors (Lipinski definition) is 3. The number of terminal acetylenes is 1. The molecule has 10 heteroatoms. The second-order valence-corrected chi connectivity index (χ2v) is 10.3. The molecule has 0 heterocycles. The third-order valence-corrected chi connectivity index (χ3v) is 5.91. The highest BCUT2D eigenvalue weighted by atomic mass is 35.5. The maximum atomic E-state index is 13.7. The minimum Gasteiger partial charge on any atom is -0.444 e. The van der Waals surface area contributed by atoms with Crippen LogP contribution in [0.2, 0.25) is 5.02 Å². The van der Waals surface area contributed by atoms with Crippen molar-refractivity contribution in [2.45, 2.75) is 65.6 Å². The molecule has 0 radical (unpaired) electrons. The summed E-state index contributed by atoms with van der Waals surface area (Å²) < 4.78 is 5.22. The first-order valence-electron chi connectivity index (χ1n) is 11.8. The third-order valence-electron chi connectivity index (χ3n) is 5.59. The van der Waals surface area contributed by atoms with E-state index in [-0.39, 0.29) is 0 Å². The fraction of sp³-hybridized carbons (Fsp3) is 0.357. The zero-order valence-electron chi connectivity index (χ0n) is 22.3. The summed E-state index contributed by atoms with van der Waals surface area (Å²) in [5, 5.41) is 5.42. The molecule has 0 bridgehead atoms. The van der Waals surface area contributed by atoms with Crippen LogP contribution in [-0.2, 0) is 19.1 Å². The predicted octanol–water partition coefficient (Wildman–Crippen LogP) is 4.13. The normalized spacial score (nSPS) is 12.5. The molecule has 0 aliphatic rings. The Morgan fingerprint density at radius 2 is 1.74 bits per heavy atom. The van der Waals surface area contributed by atoms with Gasteiger partial charge >= 0.3 is 6.09 Å². The zero-order chi connectivity index (χ0) is 28.8. The molecule has 2 unspecified atom stereocenters. The van der Waals surface area contributed by atoms with Crippen LogP contribution in [0.1, 0.15) is 55.5 Å². The van der Waals surface area contributed by atoms with E-state index < -0.39 is 47.9 Å². The number of nitrogens with one attached hydrogen (secondary N) is 2. The highest BCUT2D eigenvalue weighted by molar-refractivity contribution is 6.34. The summed E-state index contributed by atoms with van der Waals surface area (Å²) in [5.74, 6) is -2.41. The minimum atomic E-state index is -1.48. The van der Waals surface area contributed by atoms with Crippen molar-refractivity contribution in [3.05, 3.63) is 63.7 Å². The Labute approximate surface area is 228 Å². The van der Waals surface area contributed by atoms with Gasteiger partial charge in [0.1, 0.15) is 17.7 Å². The van der Waals surface area contributed by atoms with E-state index in [4.69, 9.17) is 28.5 Å². The molecule has 2 atom stereocenters. The molecule has 0 saturated heterocycles. The largest absolute Gasteiger partial charge is 0.444 e. The lowest BCUT2D eigenvalue weighted by Crippen LogP contribution is -2.52. The number of hydrogen-bond acceptors (Lipinski definition) is 5. The molecule has 2 aromatic rings. The average Bonchev–Trinajstić information content (AvgIpc) is 2.79. The molecule has 4 N–H and O–H groups in total. The number of nitrogens with zero attached hydrogens (tertiary/aromatic N) is 1.